The number of rotatable bonds is 8. The Hall–Kier alpha value is -1.66. The molecule has 1 aliphatic rings. The van der Waals surface area contributed by atoms with Crippen molar-refractivity contribution in [2.24, 2.45) is 0 Å². The van der Waals surface area contributed by atoms with E-state index >= 15 is 0 Å². The van der Waals surface area contributed by atoms with Gasteiger partial charge >= 0.3 is 0 Å². The monoisotopic (exact) mass is 253 g/mol. The molecule has 18 heavy (non-hydrogen) atoms. The summed E-state index contributed by atoms with van der Waals surface area (Å²) in [5.74, 6) is 0.423. The van der Waals surface area contributed by atoms with Gasteiger partial charge in [0.15, 0.2) is 6.79 Å². The fourth-order valence-electron chi connectivity index (χ4n) is 1.36. The molecule has 0 atom stereocenters. The average Bonchev–Trinajstić information content (AvgIpc) is 3.18. The third-order valence-electron chi connectivity index (χ3n) is 2.44. The topological polar surface area (TPSA) is 70.8 Å². The molecule has 0 aromatic heterocycles. The number of nitro benzene ring substituents is 1. The van der Waals surface area contributed by atoms with Crippen LogP contribution in [0.1, 0.15) is 12.8 Å². The summed E-state index contributed by atoms with van der Waals surface area (Å²) in [5, 5.41) is 10.5. The molecule has 1 aromatic carbocycles. The van der Waals surface area contributed by atoms with E-state index in [-0.39, 0.29) is 12.5 Å². The summed E-state index contributed by atoms with van der Waals surface area (Å²) in [5.41, 5.74) is 0.00423. The van der Waals surface area contributed by atoms with E-state index in [1.54, 1.807) is 12.1 Å². The van der Waals surface area contributed by atoms with Crippen LogP contribution in [-0.4, -0.2) is 31.0 Å². The van der Waals surface area contributed by atoms with Gasteiger partial charge in [-0.15, -0.1) is 0 Å². The molecule has 0 heterocycles. The normalized spacial score (nSPS) is 14.4. The van der Waals surface area contributed by atoms with Crippen LogP contribution in [0.2, 0.25) is 0 Å². The van der Waals surface area contributed by atoms with E-state index in [0.717, 1.165) is 12.8 Å². The van der Waals surface area contributed by atoms with Crippen molar-refractivity contribution in [3.63, 3.8) is 0 Å². The van der Waals surface area contributed by atoms with Gasteiger partial charge in [0, 0.05) is 6.07 Å². The first-order valence-corrected chi connectivity index (χ1v) is 5.82. The summed E-state index contributed by atoms with van der Waals surface area (Å²) in [6.45, 7) is 1.09. The van der Waals surface area contributed by atoms with E-state index in [0.29, 0.717) is 25.1 Å². The second-order valence-electron chi connectivity index (χ2n) is 4.00. The SMILES string of the molecule is O=[N+]([O-])c1cccc(OCOCCOC2CC2)c1. The molecule has 0 bridgehead atoms. The third kappa shape index (κ3) is 4.31. The lowest BCUT2D eigenvalue weighted by Crippen LogP contribution is -2.09. The Morgan fingerprint density at radius 1 is 1.33 bits per heavy atom. The summed E-state index contributed by atoms with van der Waals surface area (Å²) in [4.78, 5) is 10.1. The first-order chi connectivity index (χ1) is 8.75. The molecular formula is C12H15NO5. The molecule has 6 heteroatoms. The van der Waals surface area contributed by atoms with Gasteiger partial charge in [-0.3, -0.25) is 10.1 Å². The molecule has 0 aliphatic heterocycles. The number of hydrogen-bond donors (Lipinski definition) is 0. The molecule has 0 N–H and O–H groups in total. The molecule has 1 aromatic rings. The molecular weight excluding hydrogens is 238 g/mol. The molecule has 0 amide bonds. The van der Waals surface area contributed by atoms with Gasteiger partial charge in [0.05, 0.1) is 30.3 Å². The zero-order chi connectivity index (χ0) is 12.8. The van der Waals surface area contributed by atoms with E-state index in [4.69, 9.17) is 14.2 Å². The summed E-state index contributed by atoms with van der Waals surface area (Å²) in [6.07, 6.45) is 2.71. The first-order valence-electron chi connectivity index (χ1n) is 5.82. The summed E-state index contributed by atoms with van der Waals surface area (Å²) < 4.78 is 15.8. The predicted molar refractivity (Wildman–Crippen MR) is 63.5 cm³/mol. The number of nitro groups is 1. The molecule has 98 valence electrons. The Bertz CT molecular complexity index is 405. The highest BCUT2D eigenvalue weighted by Crippen LogP contribution is 2.23. The summed E-state index contributed by atoms with van der Waals surface area (Å²) in [6, 6.07) is 6.00. The molecule has 0 radical (unpaired) electrons. The lowest BCUT2D eigenvalue weighted by atomic mass is 10.3. The van der Waals surface area contributed by atoms with Crippen molar-refractivity contribution in [2.45, 2.75) is 18.9 Å². The lowest BCUT2D eigenvalue weighted by molar-refractivity contribution is -0.385. The quantitative estimate of drug-likeness (QED) is 0.307. The second kappa shape index (κ2) is 6.32. The van der Waals surface area contributed by atoms with Gasteiger partial charge in [0.25, 0.3) is 5.69 Å². The van der Waals surface area contributed by atoms with E-state index in [1.807, 2.05) is 0 Å². The van der Waals surface area contributed by atoms with E-state index < -0.39 is 4.92 Å². The number of ether oxygens (including phenoxy) is 3. The third-order valence-corrected chi connectivity index (χ3v) is 2.44. The number of non-ortho nitro benzene ring substituents is 1. The van der Waals surface area contributed by atoms with Gasteiger partial charge in [0.2, 0.25) is 0 Å². The molecule has 0 unspecified atom stereocenters. The maximum absolute atomic E-state index is 10.5. The van der Waals surface area contributed by atoms with Gasteiger partial charge in [-0.25, -0.2) is 0 Å². The number of benzene rings is 1. The smallest absolute Gasteiger partial charge is 0.273 e. The van der Waals surface area contributed by atoms with Crippen LogP contribution in [0.3, 0.4) is 0 Å². The minimum absolute atomic E-state index is 0.00423. The van der Waals surface area contributed by atoms with Crippen molar-refractivity contribution in [3.05, 3.63) is 34.4 Å². The van der Waals surface area contributed by atoms with Gasteiger partial charge in [-0.05, 0) is 18.9 Å². The minimum atomic E-state index is -0.461. The number of hydrogen-bond acceptors (Lipinski definition) is 5. The van der Waals surface area contributed by atoms with Crippen LogP contribution >= 0.6 is 0 Å². The molecule has 1 saturated carbocycles. The van der Waals surface area contributed by atoms with Crippen LogP contribution in [0.5, 0.6) is 5.75 Å². The van der Waals surface area contributed by atoms with Gasteiger partial charge < -0.3 is 14.2 Å². The zero-order valence-electron chi connectivity index (χ0n) is 9.91. The van der Waals surface area contributed by atoms with E-state index in [2.05, 4.69) is 0 Å². The fraction of sp³-hybridized carbons (Fsp3) is 0.500. The Morgan fingerprint density at radius 2 is 2.17 bits per heavy atom. The van der Waals surface area contributed by atoms with Crippen LogP contribution in [0.25, 0.3) is 0 Å². The van der Waals surface area contributed by atoms with Crippen LogP contribution in [0.15, 0.2) is 24.3 Å². The van der Waals surface area contributed by atoms with Gasteiger partial charge in [-0.2, -0.15) is 0 Å². The maximum Gasteiger partial charge on any atom is 0.273 e. The van der Waals surface area contributed by atoms with Crippen molar-refractivity contribution >= 4 is 5.69 Å². The average molecular weight is 253 g/mol. The summed E-state index contributed by atoms with van der Waals surface area (Å²) in [7, 11) is 0. The fourth-order valence-corrected chi connectivity index (χ4v) is 1.36. The van der Waals surface area contributed by atoms with E-state index in [9.17, 15) is 10.1 Å². The van der Waals surface area contributed by atoms with Gasteiger partial charge in [0.1, 0.15) is 5.75 Å². The molecule has 0 spiro atoms. The van der Waals surface area contributed by atoms with Crippen LogP contribution in [0, 0.1) is 10.1 Å². The molecule has 0 saturated heterocycles. The minimum Gasteiger partial charge on any atom is -0.467 e. The largest absolute Gasteiger partial charge is 0.467 e. The standard InChI is InChI=1S/C12H15NO5/c14-13(15)10-2-1-3-12(8-10)18-9-16-6-7-17-11-4-5-11/h1-3,8,11H,4-7,9H2. The Kier molecular flexibility index (Phi) is 4.49. The maximum atomic E-state index is 10.5. The zero-order valence-corrected chi connectivity index (χ0v) is 9.91. The molecule has 1 aliphatic carbocycles. The van der Waals surface area contributed by atoms with Crippen molar-refractivity contribution in [3.8, 4) is 5.75 Å². The van der Waals surface area contributed by atoms with E-state index in [1.165, 1.54) is 12.1 Å². The lowest BCUT2D eigenvalue weighted by Gasteiger charge is -2.07. The highest BCUT2D eigenvalue weighted by Gasteiger charge is 2.21. The Balaban J connectivity index is 1.62. The molecule has 6 nitrogen and oxygen atoms in total. The van der Waals surface area contributed by atoms with Crippen molar-refractivity contribution in [1.29, 1.82) is 0 Å². The highest BCUT2D eigenvalue weighted by atomic mass is 16.7. The second-order valence-corrected chi connectivity index (χ2v) is 4.00. The van der Waals surface area contributed by atoms with Crippen LogP contribution < -0.4 is 4.74 Å². The molecule has 2 rings (SSSR count). The van der Waals surface area contributed by atoms with Crippen molar-refractivity contribution in [2.75, 3.05) is 20.0 Å². The Morgan fingerprint density at radius 3 is 2.89 bits per heavy atom. The van der Waals surface area contributed by atoms with Gasteiger partial charge in [-0.1, -0.05) is 6.07 Å². The Labute approximate surface area is 105 Å². The first kappa shape index (κ1) is 12.8. The molecule has 1 fully saturated rings. The number of nitrogens with zero attached hydrogens (tertiary/aromatic N) is 1. The van der Waals surface area contributed by atoms with Crippen molar-refractivity contribution in [1.82, 2.24) is 0 Å². The van der Waals surface area contributed by atoms with Crippen LogP contribution in [0.4, 0.5) is 5.69 Å². The van der Waals surface area contributed by atoms with Crippen molar-refractivity contribution < 1.29 is 19.1 Å². The van der Waals surface area contributed by atoms with Crippen LogP contribution in [-0.2, 0) is 9.47 Å². The predicted octanol–water partition coefficient (Wildman–Crippen LogP) is 2.13. The summed E-state index contributed by atoms with van der Waals surface area (Å²) >= 11 is 0. The highest BCUT2D eigenvalue weighted by molar-refractivity contribution is 5.37.